The Morgan fingerprint density at radius 2 is 1.85 bits per heavy atom. The van der Waals surface area contributed by atoms with Gasteiger partial charge in [-0.3, -0.25) is 9.59 Å². The fourth-order valence-corrected chi connectivity index (χ4v) is 4.31. The van der Waals surface area contributed by atoms with Gasteiger partial charge in [0.1, 0.15) is 11.9 Å². The highest BCUT2D eigenvalue weighted by molar-refractivity contribution is 5.88. The molecule has 0 spiro atoms. The average molecular weight is 382 g/mol. The summed E-state index contributed by atoms with van der Waals surface area (Å²) in [7, 11) is 0. The van der Waals surface area contributed by atoms with Crippen molar-refractivity contribution in [3.8, 4) is 0 Å². The Morgan fingerprint density at radius 1 is 1.15 bits per heavy atom. The van der Waals surface area contributed by atoms with E-state index in [9.17, 15) is 22.8 Å². The fraction of sp³-hybridized carbons (Fsp3) is 0.611. The van der Waals surface area contributed by atoms with Crippen LogP contribution in [0.4, 0.5) is 19.0 Å². The zero-order valence-corrected chi connectivity index (χ0v) is 14.7. The fourth-order valence-electron chi connectivity index (χ4n) is 4.31. The largest absolute Gasteiger partial charge is 0.417 e. The molecule has 6 nitrogen and oxygen atoms in total. The molecule has 1 N–H and O–H groups in total. The molecular formula is C18H21F3N4O2. The molecule has 4 heterocycles. The molecule has 3 aliphatic rings. The van der Waals surface area contributed by atoms with Gasteiger partial charge in [-0.05, 0) is 25.0 Å². The van der Waals surface area contributed by atoms with Crippen molar-refractivity contribution < 1.29 is 22.8 Å². The minimum Gasteiger partial charge on any atom is -0.356 e. The summed E-state index contributed by atoms with van der Waals surface area (Å²) in [5.74, 6) is 1.000. The summed E-state index contributed by atoms with van der Waals surface area (Å²) in [5.41, 5.74) is -0.753. The topological polar surface area (TPSA) is 65.5 Å². The number of pyridine rings is 1. The van der Waals surface area contributed by atoms with E-state index in [1.807, 2.05) is 9.80 Å². The molecule has 0 aromatic carbocycles. The van der Waals surface area contributed by atoms with E-state index in [1.54, 1.807) is 0 Å². The van der Waals surface area contributed by atoms with Crippen LogP contribution in [0, 0.1) is 11.8 Å². The van der Waals surface area contributed by atoms with E-state index >= 15 is 0 Å². The Bertz CT molecular complexity index is 723. The Balaban J connectivity index is 1.35. The Labute approximate surface area is 154 Å². The highest BCUT2D eigenvalue weighted by atomic mass is 19.4. The van der Waals surface area contributed by atoms with Gasteiger partial charge in [-0.1, -0.05) is 0 Å². The number of piperidine rings is 1. The summed E-state index contributed by atoms with van der Waals surface area (Å²) < 4.78 is 38.0. The van der Waals surface area contributed by atoms with Crippen molar-refractivity contribution in [2.45, 2.75) is 31.5 Å². The molecule has 3 fully saturated rings. The number of carbonyl (C=O) groups is 2. The van der Waals surface area contributed by atoms with Crippen LogP contribution in [-0.4, -0.2) is 53.9 Å². The number of anilines is 1. The summed E-state index contributed by atoms with van der Waals surface area (Å²) in [4.78, 5) is 31.9. The maximum Gasteiger partial charge on any atom is 0.417 e. The number of hydrogen-bond donors (Lipinski definition) is 1. The molecule has 3 saturated heterocycles. The normalized spacial score (nSPS) is 28.3. The van der Waals surface area contributed by atoms with Gasteiger partial charge < -0.3 is 15.1 Å². The number of alkyl halides is 3. The van der Waals surface area contributed by atoms with Crippen molar-refractivity contribution in [3.63, 3.8) is 0 Å². The van der Waals surface area contributed by atoms with Crippen LogP contribution < -0.4 is 10.2 Å². The molecule has 27 heavy (non-hydrogen) atoms. The summed E-state index contributed by atoms with van der Waals surface area (Å²) in [5, 5.41) is 2.77. The first-order chi connectivity index (χ1) is 12.8. The molecule has 3 atom stereocenters. The smallest absolute Gasteiger partial charge is 0.356 e. The van der Waals surface area contributed by atoms with Crippen LogP contribution >= 0.6 is 0 Å². The first-order valence-corrected chi connectivity index (χ1v) is 9.17. The van der Waals surface area contributed by atoms with Gasteiger partial charge >= 0.3 is 6.18 Å². The number of nitrogens with zero attached hydrogens (tertiary/aromatic N) is 3. The predicted molar refractivity (Wildman–Crippen MR) is 90.8 cm³/mol. The van der Waals surface area contributed by atoms with Crippen LogP contribution in [0.2, 0.25) is 0 Å². The molecule has 0 radical (unpaired) electrons. The number of likely N-dealkylation sites (tertiary alicyclic amines) is 1. The summed E-state index contributed by atoms with van der Waals surface area (Å²) in [6.07, 6.45) is -1.63. The van der Waals surface area contributed by atoms with Crippen LogP contribution in [-0.2, 0) is 15.8 Å². The third-order valence-electron chi connectivity index (χ3n) is 5.73. The zero-order chi connectivity index (χ0) is 19.2. The van der Waals surface area contributed by atoms with Crippen molar-refractivity contribution >= 4 is 17.6 Å². The van der Waals surface area contributed by atoms with Crippen molar-refractivity contribution in [2.24, 2.45) is 11.8 Å². The second-order valence-electron chi connectivity index (χ2n) is 7.58. The van der Waals surface area contributed by atoms with E-state index in [4.69, 9.17) is 0 Å². The third-order valence-corrected chi connectivity index (χ3v) is 5.73. The van der Waals surface area contributed by atoms with Gasteiger partial charge in [0.25, 0.3) is 0 Å². The molecule has 0 saturated carbocycles. The Kier molecular flexibility index (Phi) is 4.47. The molecule has 9 heteroatoms. The summed E-state index contributed by atoms with van der Waals surface area (Å²) >= 11 is 0. The van der Waals surface area contributed by atoms with Gasteiger partial charge in [0.05, 0.1) is 5.56 Å². The second kappa shape index (κ2) is 6.69. The van der Waals surface area contributed by atoms with E-state index < -0.39 is 17.8 Å². The average Bonchev–Trinajstić information content (AvgIpc) is 3.19. The second-order valence-corrected chi connectivity index (χ2v) is 7.58. The van der Waals surface area contributed by atoms with E-state index in [0.717, 1.165) is 18.7 Å². The molecule has 1 aromatic rings. The molecular weight excluding hydrogens is 361 g/mol. The number of halogens is 3. The van der Waals surface area contributed by atoms with Crippen LogP contribution in [0.1, 0.15) is 24.8 Å². The lowest BCUT2D eigenvalue weighted by atomic mass is 10.0. The maximum absolute atomic E-state index is 12.7. The van der Waals surface area contributed by atoms with Gasteiger partial charge in [-0.2, -0.15) is 13.2 Å². The highest BCUT2D eigenvalue weighted by Crippen LogP contribution is 2.35. The van der Waals surface area contributed by atoms with Gasteiger partial charge in [0, 0.05) is 50.6 Å². The quantitative estimate of drug-likeness (QED) is 0.845. The molecule has 1 aromatic heterocycles. The lowest BCUT2D eigenvalue weighted by Crippen LogP contribution is -2.50. The van der Waals surface area contributed by atoms with Crippen LogP contribution in [0.25, 0.3) is 0 Å². The monoisotopic (exact) mass is 382 g/mol. The number of carbonyl (C=O) groups excluding carboxylic acids is 2. The van der Waals surface area contributed by atoms with Crippen LogP contribution in [0.3, 0.4) is 0 Å². The summed E-state index contributed by atoms with van der Waals surface area (Å²) in [6.45, 7) is 2.58. The number of nitrogens with one attached hydrogen (secondary N) is 1. The van der Waals surface area contributed by atoms with Gasteiger partial charge in [0.15, 0.2) is 0 Å². The lowest BCUT2D eigenvalue weighted by molar-refractivity contribution is -0.138. The van der Waals surface area contributed by atoms with Gasteiger partial charge in [-0.25, -0.2) is 4.98 Å². The number of amides is 2. The van der Waals surface area contributed by atoms with Crippen LogP contribution in [0.5, 0.6) is 0 Å². The molecule has 2 amide bonds. The SMILES string of the molecule is O=C1CCCC(C(=O)N2CC3CN(c4ccc(C(F)(F)F)cn4)CC3C2)N1. The van der Waals surface area contributed by atoms with Gasteiger partial charge in [0.2, 0.25) is 11.8 Å². The highest BCUT2D eigenvalue weighted by Gasteiger charge is 2.43. The van der Waals surface area contributed by atoms with E-state index in [2.05, 4.69) is 10.3 Å². The predicted octanol–water partition coefficient (Wildman–Crippen LogP) is 1.66. The minimum atomic E-state index is -4.39. The maximum atomic E-state index is 12.7. The minimum absolute atomic E-state index is 0.0170. The van der Waals surface area contributed by atoms with Crippen molar-refractivity contribution in [1.82, 2.24) is 15.2 Å². The standard InChI is InChI=1S/C18H21F3N4O2/c19-18(20,21)13-4-5-15(22-6-13)24-7-11-9-25(10-12(11)8-24)17(27)14-2-1-3-16(26)23-14/h4-6,11-12,14H,1-3,7-10H2,(H,23,26). The number of aromatic nitrogens is 1. The van der Waals surface area contributed by atoms with E-state index in [0.29, 0.717) is 44.8 Å². The molecule has 3 unspecified atom stereocenters. The molecule has 0 aliphatic carbocycles. The number of hydrogen-bond acceptors (Lipinski definition) is 4. The summed E-state index contributed by atoms with van der Waals surface area (Å²) in [6, 6.07) is 2.04. The Morgan fingerprint density at radius 3 is 2.41 bits per heavy atom. The van der Waals surface area contributed by atoms with E-state index in [-0.39, 0.29) is 23.7 Å². The van der Waals surface area contributed by atoms with E-state index in [1.165, 1.54) is 6.07 Å². The molecule has 0 bridgehead atoms. The molecule has 4 rings (SSSR count). The van der Waals surface area contributed by atoms with Crippen molar-refractivity contribution in [2.75, 3.05) is 31.1 Å². The van der Waals surface area contributed by atoms with Crippen molar-refractivity contribution in [1.29, 1.82) is 0 Å². The Hall–Kier alpha value is -2.32. The first-order valence-electron chi connectivity index (χ1n) is 9.17. The van der Waals surface area contributed by atoms with Crippen molar-refractivity contribution in [3.05, 3.63) is 23.9 Å². The zero-order valence-electron chi connectivity index (χ0n) is 14.7. The molecule has 3 aliphatic heterocycles. The molecule has 146 valence electrons. The first kappa shape index (κ1) is 18.1. The third kappa shape index (κ3) is 3.59. The van der Waals surface area contributed by atoms with Gasteiger partial charge in [-0.15, -0.1) is 0 Å². The lowest BCUT2D eigenvalue weighted by Gasteiger charge is -2.28. The number of fused-ring (bicyclic) bond motifs is 1. The van der Waals surface area contributed by atoms with Crippen LogP contribution in [0.15, 0.2) is 18.3 Å². The number of rotatable bonds is 2.